The van der Waals surface area contributed by atoms with Gasteiger partial charge in [0.1, 0.15) is 5.75 Å². The van der Waals surface area contributed by atoms with Gasteiger partial charge in [-0.15, -0.1) is 11.8 Å². The first kappa shape index (κ1) is 21.0. The molecule has 29 heavy (non-hydrogen) atoms. The monoisotopic (exact) mass is 405 g/mol. The van der Waals surface area contributed by atoms with E-state index in [1.54, 1.807) is 18.7 Å². The third kappa shape index (κ3) is 5.88. The van der Waals surface area contributed by atoms with Crippen molar-refractivity contribution in [2.24, 2.45) is 0 Å². The summed E-state index contributed by atoms with van der Waals surface area (Å²) in [6.07, 6.45) is 0.293. The zero-order valence-corrected chi connectivity index (χ0v) is 18.0. The molecule has 3 aromatic rings. The van der Waals surface area contributed by atoms with Crippen LogP contribution in [0.25, 0.3) is 0 Å². The maximum atomic E-state index is 12.6. The summed E-state index contributed by atoms with van der Waals surface area (Å²) in [4.78, 5) is 13.9. The van der Waals surface area contributed by atoms with Gasteiger partial charge in [0.25, 0.3) is 5.91 Å². The molecule has 0 fully saturated rings. The highest BCUT2D eigenvalue weighted by Crippen LogP contribution is 2.25. The molecule has 0 heterocycles. The van der Waals surface area contributed by atoms with Crippen LogP contribution in [-0.4, -0.2) is 12.0 Å². The van der Waals surface area contributed by atoms with Crippen molar-refractivity contribution in [1.82, 2.24) is 0 Å². The minimum absolute atomic E-state index is 0.148. The molecule has 3 rings (SSSR count). The fraction of sp³-hybridized carbons (Fsp3) is 0.240. The van der Waals surface area contributed by atoms with Gasteiger partial charge in [-0.25, -0.2) is 0 Å². The summed E-state index contributed by atoms with van der Waals surface area (Å²) < 4.78 is 5.91. The van der Waals surface area contributed by atoms with E-state index in [1.165, 1.54) is 10.5 Å². The van der Waals surface area contributed by atoms with Crippen LogP contribution in [0.15, 0.2) is 77.7 Å². The van der Waals surface area contributed by atoms with E-state index in [4.69, 9.17) is 4.74 Å². The van der Waals surface area contributed by atoms with Gasteiger partial charge in [0.15, 0.2) is 6.10 Å². The predicted octanol–water partition coefficient (Wildman–Crippen LogP) is 6.26. The van der Waals surface area contributed by atoms with Crippen LogP contribution in [0, 0.1) is 6.92 Å². The summed E-state index contributed by atoms with van der Waals surface area (Å²) >= 11 is 1.80. The number of amides is 1. The fourth-order valence-electron chi connectivity index (χ4n) is 3.03. The second-order valence-electron chi connectivity index (χ2n) is 6.96. The lowest BCUT2D eigenvalue weighted by Crippen LogP contribution is -2.30. The maximum Gasteiger partial charge on any atom is 0.265 e. The Hall–Kier alpha value is -2.72. The Morgan fingerprint density at radius 1 is 1.03 bits per heavy atom. The molecule has 0 unspecified atom stereocenters. The number of anilines is 1. The zero-order valence-electron chi connectivity index (χ0n) is 17.1. The summed E-state index contributed by atoms with van der Waals surface area (Å²) in [5.41, 5.74) is 4.20. The van der Waals surface area contributed by atoms with Crippen LogP contribution < -0.4 is 10.1 Å². The Kier molecular flexibility index (Phi) is 7.36. The normalized spacial score (nSPS) is 11.7. The summed E-state index contributed by atoms with van der Waals surface area (Å²) in [6, 6.07) is 24.4. The third-order valence-corrected chi connectivity index (χ3v) is 5.81. The largest absolute Gasteiger partial charge is 0.481 e. The van der Waals surface area contributed by atoms with Crippen LogP contribution in [0.2, 0.25) is 0 Å². The van der Waals surface area contributed by atoms with Crippen molar-refractivity contribution in [3.63, 3.8) is 0 Å². The van der Waals surface area contributed by atoms with Crippen molar-refractivity contribution in [2.75, 3.05) is 5.32 Å². The molecule has 4 heteroatoms. The highest BCUT2D eigenvalue weighted by atomic mass is 32.2. The number of benzene rings is 3. The lowest BCUT2D eigenvalue weighted by Gasteiger charge is -2.18. The lowest BCUT2D eigenvalue weighted by molar-refractivity contribution is -0.122. The van der Waals surface area contributed by atoms with Gasteiger partial charge in [-0.2, -0.15) is 0 Å². The molecule has 0 saturated carbocycles. The molecule has 0 aromatic heterocycles. The standard InChI is InChI=1S/C25H27NO2S/c1-4-21-10-8-9-13-24(21)28-19(3)25(27)26-23-15-14-20(16-18(23)2)17-29-22-11-6-5-7-12-22/h5-16,19H,4,17H2,1-3H3,(H,26,27)/t19-/m0/s1. The van der Waals surface area contributed by atoms with Crippen LogP contribution in [0.5, 0.6) is 5.75 Å². The summed E-state index contributed by atoms with van der Waals surface area (Å²) in [7, 11) is 0. The Morgan fingerprint density at radius 2 is 1.76 bits per heavy atom. The molecule has 3 nitrogen and oxygen atoms in total. The molecular weight excluding hydrogens is 378 g/mol. The zero-order chi connectivity index (χ0) is 20.6. The number of hydrogen-bond acceptors (Lipinski definition) is 3. The van der Waals surface area contributed by atoms with Crippen molar-refractivity contribution >= 4 is 23.4 Å². The molecule has 3 aromatic carbocycles. The van der Waals surface area contributed by atoms with Gasteiger partial charge in [-0.3, -0.25) is 4.79 Å². The van der Waals surface area contributed by atoms with Crippen molar-refractivity contribution in [2.45, 2.75) is 43.9 Å². The first-order chi connectivity index (χ1) is 14.1. The van der Waals surface area contributed by atoms with Gasteiger partial charge in [0, 0.05) is 16.3 Å². The molecule has 0 bridgehead atoms. The highest BCUT2D eigenvalue weighted by Gasteiger charge is 2.17. The number of nitrogens with one attached hydrogen (secondary N) is 1. The van der Waals surface area contributed by atoms with Crippen LogP contribution >= 0.6 is 11.8 Å². The highest BCUT2D eigenvalue weighted by molar-refractivity contribution is 7.98. The van der Waals surface area contributed by atoms with E-state index in [0.717, 1.165) is 34.7 Å². The Morgan fingerprint density at radius 3 is 2.48 bits per heavy atom. The first-order valence-corrected chi connectivity index (χ1v) is 10.9. The van der Waals surface area contributed by atoms with Gasteiger partial charge in [-0.05, 0) is 61.2 Å². The number of carbonyl (C=O) groups is 1. The van der Waals surface area contributed by atoms with Crippen molar-refractivity contribution in [3.05, 3.63) is 89.5 Å². The van der Waals surface area contributed by atoms with E-state index in [-0.39, 0.29) is 5.91 Å². The van der Waals surface area contributed by atoms with Crippen LogP contribution in [0.1, 0.15) is 30.5 Å². The molecule has 0 aliphatic heterocycles. The first-order valence-electron chi connectivity index (χ1n) is 9.89. The van der Waals surface area contributed by atoms with Gasteiger partial charge >= 0.3 is 0 Å². The third-order valence-electron chi connectivity index (χ3n) is 4.72. The van der Waals surface area contributed by atoms with E-state index in [0.29, 0.717) is 0 Å². The van der Waals surface area contributed by atoms with Crippen LogP contribution in [-0.2, 0) is 17.0 Å². The van der Waals surface area contributed by atoms with Crippen molar-refractivity contribution in [3.8, 4) is 5.75 Å². The second kappa shape index (κ2) is 10.2. The molecule has 0 radical (unpaired) electrons. The smallest absolute Gasteiger partial charge is 0.265 e. The summed E-state index contributed by atoms with van der Waals surface area (Å²) in [6.45, 7) is 5.88. The molecule has 1 N–H and O–H groups in total. The molecule has 1 atom stereocenters. The molecule has 0 saturated heterocycles. The van der Waals surface area contributed by atoms with E-state index in [2.05, 4.69) is 36.5 Å². The Balaban J connectivity index is 1.59. The number of aryl methyl sites for hydroxylation is 2. The average molecular weight is 406 g/mol. The maximum absolute atomic E-state index is 12.6. The predicted molar refractivity (Wildman–Crippen MR) is 122 cm³/mol. The minimum atomic E-state index is -0.574. The summed E-state index contributed by atoms with van der Waals surface area (Å²) in [5.74, 6) is 1.51. The quantitative estimate of drug-likeness (QED) is 0.450. The number of hydrogen-bond donors (Lipinski definition) is 1. The Bertz CT molecular complexity index is 956. The van der Waals surface area contributed by atoms with E-state index < -0.39 is 6.10 Å². The number of ether oxygens (including phenoxy) is 1. The van der Waals surface area contributed by atoms with Crippen LogP contribution in [0.4, 0.5) is 5.69 Å². The van der Waals surface area contributed by atoms with E-state index in [9.17, 15) is 4.79 Å². The number of rotatable bonds is 8. The van der Waals surface area contributed by atoms with E-state index >= 15 is 0 Å². The Labute approximate surface area is 177 Å². The lowest BCUT2D eigenvalue weighted by atomic mass is 10.1. The van der Waals surface area contributed by atoms with Gasteiger partial charge < -0.3 is 10.1 Å². The van der Waals surface area contributed by atoms with Gasteiger partial charge in [0.05, 0.1) is 0 Å². The SMILES string of the molecule is CCc1ccccc1O[C@@H](C)C(=O)Nc1ccc(CSc2ccccc2)cc1C. The minimum Gasteiger partial charge on any atom is -0.481 e. The average Bonchev–Trinajstić information content (AvgIpc) is 2.75. The molecular formula is C25H27NO2S. The topological polar surface area (TPSA) is 38.3 Å². The van der Waals surface area contributed by atoms with Crippen molar-refractivity contribution < 1.29 is 9.53 Å². The number of para-hydroxylation sites is 1. The van der Waals surface area contributed by atoms with Crippen molar-refractivity contribution in [1.29, 1.82) is 0 Å². The van der Waals surface area contributed by atoms with Crippen LogP contribution in [0.3, 0.4) is 0 Å². The van der Waals surface area contributed by atoms with Gasteiger partial charge in [0.2, 0.25) is 0 Å². The van der Waals surface area contributed by atoms with E-state index in [1.807, 2.05) is 55.5 Å². The van der Waals surface area contributed by atoms with Gasteiger partial charge in [-0.1, -0.05) is 55.5 Å². The second-order valence-corrected chi connectivity index (χ2v) is 8.01. The number of thioether (sulfide) groups is 1. The molecule has 150 valence electrons. The molecule has 0 aliphatic carbocycles. The fourth-order valence-corrected chi connectivity index (χ4v) is 3.89. The molecule has 1 amide bonds. The molecule has 0 spiro atoms. The summed E-state index contributed by atoms with van der Waals surface area (Å²) in [5, 5.41) is 3.00. The number of carbonyl (C=O) groups excluding carboxylic acids is 1. The molecule has 0 aliphatic rings.